The van der Waals surface area contributed by atoms with E-state index in [4.69, 9.17) is 15.0 Å². The van der Waals surface area contributed by atoms with Gasteiger partial charge in [0.2, 0.25) is 0 Å². The van der Waals surface area contributed by atoms with Gasteiger partial charge in [0.05, 0.1) is 5.41 Å². The van der Waals surface area contributed by atoms with Gasteiger partial charge in [-0.3, -0.25) is 0 Å². The highest BCUT2D eigenvalue weighted by Crippen LogP contribution is 2.56. The first-order valence-electron chi connectivity index (χ1n) is 25.9. The minimum atomic E-state index is -0.383. The Morgan fingerprint density at radius 3 is 0.917 bits per heavy atom. The molecule has 0 N–H and O–H groups in total. The average molecular weight is 932 g/mol. The van der Waals surface area contributed by atoms with Crippen LogP contribution in [-0.4, -0.2) is 15.0 Å². The zero-order valence-electron chi connectivity index (χ0n) is 41.8. The second kappa shape index (κ2) is 20.8. The van der Waals surface area contributed by atoms with E-state index in [-0.39, 0.29) is 5.41 Å². The lowest BCUT2D eigenvalue weighted by atomic mass is 9.67. The topological polar surface area (TPSA) is 38.7 Å². The largest absolute Gasteiger partial charge is 0.208 e. The zero-order valence-corrected chi connectivity index (χ0v) is 41.8. The standard InChI is InChI=1S/C69H61N3/c1-48-20-26-51(27-21-48)12-4-5-14-53-30-38-58(39-31-53)67-70-66(57-34-22-49(2)23-35-57)71-68(72-67)59-40-32-54(33-41-59)15-7-6-13-52-28-36-55(37-29-52)56-42-46-61(47-43-56)69(60-44-24-50(3)25-45-60)64-18-10-8-16-62(64)63-17-9-11-19-65(63)69/h8-11,16-47H,4-7,12-15H2,1-3H3. The first-order valence-corrected chi connectivity index (χ1v) is 25.9. The molecule has 0 radical (unpaired) electrons. The van der Waals surface area contributed by atoms with Crippen LogP contribution in [0.1, 0.15) is 86.9 Å². The first kappa shape index (κ1) is 46.4. The molecule has 72 heavy (non-hydrogen) atoms. The summed E-state index contributed by atoms with van der Waals surface area (Å²) in [6.45, 7) is 6.41. The van der Waals surface area contributed by atoms with E-state index in [1.165, 1.54) is 89.9 Å². The van der Waals surface area contributed by atoms with Crippen molar-refractivity contribution in [3.63, 3.8) is 0 Å². The summed E-state index contributed by atoms with van der Waals surface area (Å²) in [6, 6.07) is 80.6. The fourth-order valence-corrected chi connectivity index (χ4v) is 10.8. The number of aryl methyl sites for hydroxylation is 7. The van der Waals surface area contributed by atoms with Gasteiger partial charge in [0.1, 0.15) is 0 Å². The van der Waals surface area contributed by atoms with Crippen LogP contribution >= 0.6 is 0 Å². The minimum absolute atomic E-state index is 0.383. The van der Waals surface area contributed by atoms with Crippen LogP contribution in [0.3, 0.4) is 0 Å². The van der Waals surface area contributed by atoms with Crippen molar-refractivity contribution >= 4 is 0 Å². The van der Waals surface area contributed by atoms with E-state index in [1.807, 2.05) is 0 Å². The Morgan fingerprint density at radius 2 is 0.542 bits per heavy atom. The molecule has 0 fully saturated rings. The molecule has 11 rings (SSSR count). The smallest absolute Gasteiger partial charge is 0.164 e. The third-order valence-corrected chi connectivity index (χ3v) is 14.9. The average Bonchev–Trinajstić information content (AvgIpc) is 3.73. The SMILES string of the molecule is Cc1ccc(CCCCc2ccc(-c3nc(-c4ccc(C)cc4)nc(-c4ccc(CCCCc5ccc(-c6ccc(C7(c8ccc(C)cc8)c8ccccc8-c8ccccc87)cc6)cc5)cc4)n3)cc2)cc1. The van der Waals surface area contributed by atoms with E-state index in [0.717, 1.165) is 61.6 Å². The molecule has 0 saturated carbocycles. The number of fused-ring (bicyclic) bond motifs is 3. The fraction of sp³-hybridized carbons (Fsp3) is 0.174. The lowest BCUT2D eigenvalue weighted by Gasteiger charge is -2.34. The minimum Gasteiger partial charge on any atom is -0.208 e. The number of nitrogens with zero attached hydrogens (tertiary/aromatic N) is 3. The van der Waals surface area contributed by atoms with Crippen molar-refractivity contribution in [2.75, 3.05) is 0 Å². The highest BCUT2D eigenvalue weighted by molar-refractivity contribution is 5.86. The molecular formula is C69H61N3. The van der Waals surface area contributed by atoms with Crippen molar-refractivity contribution < 1.29 is 0 Å². The summed E-state index contributed by atoms with van der Waals surface area (Å²) in [4.78, 5) is 15.1. The number of unbranched alkanes of at least 4 members (excludes halogenated alkanes) is 2. The first-order chi connectivity index (χ1) is 35.4. The molecule has 0 amide bonds. The monoisotopic (exact) mass is 931 g/mol. The summed E-state index contributed by atoms with van der Waals surface area (Å²) in [5.41, 5.74) is 22.2. The van der Waals surface area contributed by atoms with Crippen LogP contribution in [0.25, 0.3) is 56.4 Å². The van der Waals surface area contributed by atoms with Gasteiger partial charge in [-0.05, 0) is 139 Å². The Kier molecular flexibility index (Phi) is 13.4. The third-order valence-electron chi connectivity index (χ3n) is 14.9. The van der Waals surface area contributed by atoms with Crippen LogP contribution in [0.15, 0.2) is 218 Å². The molecule has 1 heterocycles. The predicted octanol–water partition coefficient (Wildman–Crippen LogP) is 17.0. The van der Waals surface area contributed by atoms with Crippen molar-refractivity contribution in [2.24, 2.45) is 0 Å². The van der Waals surface area contributed by atoms with Crippen molar-refractivity contribution in [1.82, 2.24) is 15.0 Å². The Balaban J connectivity index is 0.730. The zero-order chi connectivity index (χ0) is 48.9. The van der Waals surface area contributed by atoms with E-state index < -0.39 is 0 Å². The summed E-state index contributed by atoms with van der Waals surface area (Å²) >= 11 is 0. The molecule has 0 saturated heterocycles. The van der Waals surface area contributed by atoms with Gasteiger partial charge in [-0.25, -0.2) is 15.0 Å². The molecular weight excluding hydrogens is 871 g/mol. The Labute approximate surface area is 426 Å². The summed E-state index contributed by atoms with van der Waals surface area (Å²) in [5, 5.41) is 0. The van der Waals surface area contributed by atoms with Crippen LogP contribution in [-0.2, 0) is 31.1 Å². The molecule has 0 aliphatic heterocycles. The molecule has 1 aliphatic carbocycles. The third kappa shape index (κ3) is 9.72. The van der Waals surface area contributed by atoms with Gasteiger partial charge in [-0.1, -0.05) is 235 Å². The van der Waals surface area contributed by atoms with Crippen LogP contribution in [0, 0.1) is 20.8 Å². The van der Waals surface area contributed by atoms with Gasteiger partial charge in [0.25, 0.3) is 0 Å². The van der Waals surface area contributed by atoms with Gasteiger partial charge < -0.3 is 0 Å². The fourth-order valence-electron chi connectivity index (χ4n) is 10.8. The maximum Gasteiger partial charge on any atom is 0.164 e. The van der Waals surface area contributed by atoms with Gasteiger partial charge in [-0.15, -0.1) is 0 Å². The van der Waals surface area contributed by atoms with E-state index in [1.54, 1.807) is 0 Å². The summed E-state index contributed by atoms with van der Waals surface area (Å²) in [6.07, 6.45) is 8.84. The molecule has 10 aromatic rings. The van der Waals surface area contributed by atoms with Gasteiger partial charge in [-0.2, -0.15) is 0 Å². The molecule has 0 spiro atoms. The normalized spacial score (nSPS) is 12.4. The molecule has 0 unspecified atom stereocenters. The maximum absolute atomic E-state index is 5.06. The number of rotatable bonds is 16. The Bertz CT molecular complexity index is 3380. The van der Waals surface area contributed by atoms with E-state index >= 15 is 0 Å². The number of benzene rings is 9. The molecule has 9 aromatic carbocycles. The summed E-state index contributed by atoms with van der Waals surface area (Å²) < 4.78 is 0. The maximum atomic E-state index is 5.06. The lowest BCUT2D eigenvalue weighted by molar-refractivity contribution is 0.734. The van der Waals surface area contributed by atoms with Crippen LogP contribution in [0.2, 0.25) is 0 Å². The molecule has 3 heteroatoms. The van der Waals surface area contributed by atoms with Gasteiger partial charge in [0, 0.05) is 16.7 Å². The predicted molar refractivity (Wildman–Crippen MR) is 299 cm³/mol. The van der Waals surface area contributed by atoms with E-state index in [9.17, 15) is 0 Å². The van der Waals surface area contributed by atoms with Crippen molar-refractivity contribution in [3.8, 4) is 56.4 Å². The van der Waals surface area contributed by atoms with Gasteiger partial charge >= 0.3 is 0 Å². The highest BCUT2D eigenvalue weighted by Gasteiger charge is 2.45. The van der Waals surface area contributed by atoms with Crippen molar-refractivity contribution in [2.45, 2.75) is 77.6 Å². The second-order valence-corrected chi connectivity index (χ2v) is 19.9. The number of aromatic nitrogens is 3. The number of hydrogen-bond acceptors (Lipinski definition) is 3. The molecule has 352 valence electrons. The lowest BCUT2D eigenvalue weighted by Crippen LogP contribution is -2.28. The molecule has 0 atom stereocenters. The second-order valence-electron chi connectivity index (χ2n) is 19.9. The van der Waals surface area contributed by atoms with Gasteiger partial charge in [0.15, 0.2) is 17.5 Å². The summed E-state index contributed by atoms with van der Waals surface area (Å²) in [7, 11) is 0. The Hall–Kier alpha value is -8.01. The molecule has 0 bridgehead atoms. The summed E-state index contributed by atoms with van der Waals surface area (Å²) in [5.74, 6) is 2.08. The molecule has 1 aliphatic rings. The van der Waals surface area contributed by atoms with Crippen LogP contribution < -0.4 is 0 Å². The van der Waals surface area contributed by atoms with Crippen molar-refractivity contribution in [1.29, 1.82) is 0 Å². The van der Waals surface area contributed by atoms with Crippen LogP contribution in [0.4, 0.5) is 0 Å². The Morgan fingerprint density at radius 1 is 0.278 bits per heavy atom. The van der Waals surface area contributed by atoms with Crippen LogP contribution in [0.5, 0.6) is 0 Å². The highest BCUT2D eigenvalue weighted by atomic mass is 15.0. The quantitative estimate of drug-likeness (QED) is 0.0906. The number of hydrogen-bond donors (Lipinski definition) is 0. The molecule has 3 nitrogen and oxygen atoms in total. The van der Waals surface area contributed by atoms with E-state index in [2.05, 4.69) is 239 Å². The van der Waals surface area contributed by atoms with Crippen molar-refractivity contribution in [3.05, 3.63) is 280 Å². The van der Waals surface area contributed by atoms with E-state index in [0.29, 0.717) is 17.5 Å². The molecule has 1 aromatic heterocycles.